The van der Waals surface area contributed by atoms with Gasteiger partial charge in [-0.15, -0.1) is 11.3 Å². The van der Waals surface area contributed by atoms with E-state index in [9.17, 15) is 0 Å². The first-order valence-electron chi connectivity index (χ1n) is 8.37. The van der Waals surface area contributed by atoms with Gasteiger partial charge >= 0.3 is 0 Å². The minimum Gasteiger partial charge on any atom is -0.313 e. The normalized spacial score (nSPS) is 35.9. The topological polar surface area (TPSA) is 24.9 Å². The van der Waals surface area contributed by atoms with Crippen molar-refractivity contribution < 1.29 is 0 Å². The monoisotopic (exact) mass is 290 g/mol. The molecule has 0 spiro atoms. The molecule has 3 saturated carbocycles. The lowest BCUT2D eigenvalue weighted by atomic mass is 9.70. The minimum absolute atomic E-state index is 0.613. The SMILES string of the molecule is Cc1ncsc1CCC1(CNC2CC2)CC2CCC1C2. The number of nitrogens with zero attached hydrogens (tertiary/aromatic N) is 1. The quantitative estimate of drug-likeness (QED) is 0.858. The van der Waals surface area contributed by atoms with Gasteiger partial charge in [-0.3, -0.25) is 0 Å². The molecule has 3 fully saturated rings. The number of fused-ring (bicyclic) bond motifs is 2. The summed E-state index contributed by atoms with van der Waals surface area (Å²) in [4.78, 5) is 5.95. The average molecular weight is 290 g/mol. The number of nitrogens with one attached hydrogen (secondary N) is 1. The van der Waals surface area contributed by atoms with Crippen LogP contribution in [0.2, 0.25) is 0 Å². The lowest BCUT2D eigenvalue weighted by Crippen LogP contribution is -2.40. The summed E-state index contributed by atoms with van der Waals surface area (Å²) in [6.45, 7) is 3.46. The van der Waals surface area contributed by atoms with Crippen LogP contribution in [0.15, 0.2) is 5.51 Å². The number of rotatable bonds is 6. The largest absolute Gasteiger partial charge is 0.313 e. The minimum atomic E-state index is 0.613. The Morgan fingerprint density at radius 1 is 1.35 bits per heavy atom. The van der Waals surface area contributed by atoms with Gasteiger partial charge < -0.3 is 5.32 Å². The molecule has 1 heterocycles. The number of aromatic nitrogens is 1. The molecule has 20 heavy (non-hydrogen) atoms. The Morgan fingerprint density at radius 3 is 2.85 bits per heavy atom. The first-order chi connectivity index (χ1) is 9.75. The Balaban J connectivity index is 1.45. The molecule has 0 radical (unpaired) electrons. The average Bonchev–Trinajstić information content (AvgIpc) is 2.86. The van der Waals surface area contributed by atoms with E-state index < -0.39 is 0 Å². The molecule has 1 aromatic rings. The van der Waals surface area contributed by atoms with Gasteiger partial charge in [0.15, 0.2) is 0 Å². The van der Waals surface area contributed by atoms with Crippen LogP contribution >= 0.6 is 11.3 Å². The predicted octanol–water partition coefficient (Wildman–Crippen LogP) is 3.94. The van der Waals surface area contributed by atoms with E-state index in [1.54, 1.807) is 0 Å². The molecule has 0 saturated heterocycles. The zero-order valence-electron chi connectivity index (χ0n) is 12.5. The fourth-order valence-corrected chi connectivity index (χ4v) is 5.51. The maximum absolute atomic E-state index is 4.42. The molecular formula is C17H26N2S. The molecule has 2 nitrogen and oxygen atoms in total. The number of thiazole rings is 1. The highest BCUT2D eigenvalue weighted by molar-refractivity contribution is 7.09. The van der Waals surface area contributed by atoms with Gasteiger partial charge in [0.1, 0.15) is 0 Å². The van der Waals surface area contributed by atoms with Crippen molar-refractivity contribution in [3.63, 3.8) is 0 Å². The standard InChI is InChI=1S/C17H26N2S/c1-12-16(20-11-19-12)6-7-17(10-18-15-4-5-15)9-13-2-3-14(17)8-13/h11,13-15,18H,2-10H2,1H3. The molecule has 3 aliphatic carbocycles. The maximum atomic E-state index is 4.42. The third kappa shape index (κ3) is 2.43. The summed E-state index contributed by atoms with van der Waals surface area (Å²) in [6, 6.07) is 0.858. The van der Waals surface area contributed by atoms with Gasteiger partial charge in [0.25, 0.3) is 0 Å². The van der Waals surface area contributed by atoms with Crippen molar-refractivity contribution in [1.29, 1.82) is 0 Å². The van der Waals surface area contributed by atoms with Gasteiger partial charge in [0, 0.05) is 17.5 Å². The Morgan fingerprint density at radius 2 is 2.25 bits per heavy atom. The van der Waals surface area contributed by atoms with Crippen molar-refractivity contribution in [3.05, 3.63) is 16.1 Å². The van der Waals surface area contributed by atoms with Gasteiger partial charge in [0.2, 0.25) is 0 Å². The Labute approximate surface area is 126 Å². The molecule has 3 atom stereocenters. The summed E-state index contributed by atoms with van der Waals surface area (Å²) in [6.07, 6.45) is 11.5. The highest BCUT2D eigenvalue weighted by atomic mass is 32.1. The highest BCUT2D eigenvalue weighted by Gasteiger charge is 2.50. The van der Waals surface area contributed by atoms with Crippen LogP contribution in [-0.2, 0) is 6.42 Å². The van der Waals surface area contributed by atoms with Crippen molar-refractivity contribution in [1.82, 2.24) is 10.3 Å². The number of aryl methyl sites for hydroxylation is 2. The van der Waals surface area contributed by atoms with Crippen LogP contribution in [0.25, 0.3) is 0 Å². The second kappa shape index (κ2) is 5.10. The third-order valence-corrected chi connectivity index (χ3v) is 7.11. The molecule has 3 aliphatic rings. The highest BCUT2D eigenvalue weighted by Crippen LogP contribution is 2.58. The van der Waals surface area contributed by atoms with Crippen LogP contribution in [0.5, 0.6) is 0 Å². The third-order valence-electron chi connectivity index (χ3n) is 6.12. The first-order valence-corrected chi connectivity index (χ1v) is 9.25. The predicted molar refractivity (Wildman–Crippen MR) is 84.1 cm³/mol. The molecule has 0 aliphatic heterocycles. The smallest absolute Gasteiger partial charge is 0.0797 e. The van der Waals surface area contributed by atoms with Gasteiger partial charge in [-0.25, -0.2) is 4.98 Å². The van der Waals surface area contributed by atoms with Gasteiger partial charge in [-0.1, -0.05) is 6.42 Å². The van der Waals surface area contributed by atoms with E-state index in [1.165, 1.54) is 68.5 Å². The summed E-state index contributed by atoms with van der Waals surface area (Å²) < 4.78 is 0. The lowest BCUT2D eigenvalue weighted by molar-refractivity contribution is 0.143. The molecule has 3 unspecified atom stereocenters. The molecular weight excluding hydrogens is 264 g/mol. The van der Waals surface area contributed by atoms with E-state index in [4.69, 9.17) is 0 Å². The van der Waals surface area contributed by atoms with Gasteiger partial charge in [-0.2, -0.15) is 0 Å². The Hall–Kier alpha value is -0.410. The number of hydrogen-bond acceptors (Lipinski definition) is 3. The second-order valence-corrected chi connectivity index (χ2v) is 8.40. The molecule has 0 aromatic carbocycles. The first kappa shape index (κ1) is 13.3. The molecule has 110 valence electrons. The van der Waals surface area contributed by atoms with Crippen LogP contribution < -0.4 is 5.32 Å². The van der Waals surface area contributed by atoms with E-state index >= 15 is 0 Å². The van der Waals surface area contributed by atoms with Gasteiger partial charge in [0.05, 0.1) is 11.2 Å². The molecule has 0 amide bonds. The van der Waals surface area contributed by atoms with Crippen molar-refractivity contribution in [2.45, 2.75) is 64.3 Å². The zero-order valence-corrected chi connectivity index (χ0v) is 13.3. The fourth-order valence-electron chi connectivity index (χ4n) is 4.73. The Bertz CT molecular complexity index is 479. The summed E-state index contributed by atoms with van der Waals surface area (Å²) in [5.74, 6) is 2.05. The molecule has 3 heteroatoms. The Kier molecular flexibility index (Phi) is 3.38. The molecule has 1 N–H and O–H groups in total. The van der Waals surface area contributed by atoms with Crippen LogP contribution in [0.3, 0.4) is 0 Å². The lowest BCUT2D eigenvalue weighted by Gasteiger charge is -2.38. The maximum Gasteiger partial charge on any atom is 0.0797 e. The van der Waals surface area contributed by atoms with Crippen molar-refractivity contribution in [3.8, 4) is 0 Å². The molecule has 4 rings (SSSR count). The molecule has 2 bridgehead atoms. The fraction of sp³-hybridized carbons (Fsp3) is 0.824. The van der Waals surface area contributed by atoms with Crippen molar-refractivity contribution in [2.24, 2.45) is 17.3 Å². The van der Waals surface area contributed by atoms with E-state index in [2.05, 4.69) is 17.2 Å². The second-order valence-electron chi connectivity index (χ2n) is 7.46. The summed E-state index contributed by atoms with van der Waals surface area (Å²) in [7, 11) is 0. The van der Waals surface area contributed by atoms with E-state index in [-0.39, 0.29) is 0 Å². The summed E-state index contributed by atoms with van der Waals surface area (Å²) >= 11 is 1.86. The van der Waals surface area contributed by atoms with Crippen LogP contribution in [0.4, 0.5) is 0 Å². The van der Waals surface area contributed by atoms with E-state index in [0.717, 1.165) is 17.9 Å². The van der Waals surface area contributed by atoms with Crippen LogP contribution in [0, 0.1) is 24.2 Å². The van der Waals surface area contributed by atoms with Crippen LogP contribution in [0.1, 0.15) is 55.5 Å². The molecule has 1 aromatic heterocycles. The summed E-state index contributed by atoms with van der Waals surface area (Å²) in [5, 5.41) is 3.86. The van der Waals surface area contributed by atoms with E-state index in [1.807, 2.05) is 16.8 Å². The number of hydrogen-bond donors (Lipinski definition) is 1. The van der Waals surface area contributed by atoms with E-state index in [0.29, 0.717) is 5.41 Å². The van der Waals surface area contributed by atoms with Crippen molar-refractivity contribution in [2.75, 3.05) is 6.54 Å². The zero-order chi connectivity index (χ0) is 13.6. The van der Waals surface area contributed by atoms with Gasteiger partial charge in [-0.05, 0) is 69.1 Å². The van der Waals surface area contributed by atoms with Crippen LogP contribution in [-0.4, -0.2) is 17.6 Å². The van der Waals surface area contributed by atoms with Crippen molar-refractivity contribution >= 4 is 11.3 Å². The summed E-state index contributed by atoms with van der Waals surface area (Å²) in [5.41, 5.74) is 3.89.